The fourth-order valence-corrected chi connectivity index (χ4v) is 2.06. The zero-order chi connectivity index (χ0) is 11.5. The SMILES string of the molecule is CCc1nc(N2CCC(CN)C2)cc(=O)[nH]1. The lowest BCUT2D eigenvalue weighted by Crippen LogP contribution is -2.25. The van der Waals surface area contributed by atoms with Crippen LogP contribution in [-0.2, 0) is 6.42 Å². The number of hydrogen-bond donors (Lipinski definition) is 2. The normalized spacial score (nSPS) is 20.4. The molecule has 0 aromatic carbocycles. The lowest BCUT2D eigenvalue weighted by molar-refractivity contribution is 0.602. The van der Waals surface area contributed by atoms with Crippen molar-refractivity contribution in [3.05, 3.63) is 22.2 Å². The molecule has 5 heteroatoms. The molecule has 0 saturated carbocycles. The number of nitrogens with two attached hydrogens (primary N) is 1. The molecule has 1 unspecified atom stereocenters. The van der Waals surface area contributed by atoms with Crippen LogP contribution in [0.4, 0.5) is 5.82 Å². The first-order chi connectivity index (χ1) is 7.72. The summed E-state index contributed by atoms with van der Waals surface area (Å²) in [5.41, 5.74) is 5.57. The molecule has 88 valence electrons. The van der Waals surface area contributed by atoms with Gasteiger partial charge in [0.05, 0.1) is 0 Å². The highest BCUT2D eigenvalue weighted by atomic mass is 16.1. The Balaban J connectivity index is 2.21. The average molecular weight is 222 g/mol. The van der Waals surface area contributed by atoms with E-state index in [0.29, 0.717) is 12.5 Å². The summed E-state index contributed by atoms with van der Waals surface area (Å²) in [6, 6.07) is 1.57. The molecule has 16 heavy (non-hydrogen) atoms. The molecule has 0 spiro atoms. The number of rotatable bonds is 3. The second-order valence-electron chi connectivity index (χ2n) is 4.24. The van der Waals surface area contributed by atoms with Gasteiger partial charge in [-0.05, 0) is 18.9 Å². The molecule has 1 aliphatic heterocycles. The van der Waals surface area contributed by atoms with Crippen LogP contribution >= 0.6 is 0 Å². The molecule has 1 aromatic heterocycles. The highest BCUT2D eigenvalue weighted by Crippen LogP contribution is 2.20. The fraction of sp³-hybridized carbons (Fsp3) is 0.636. The largest absolute Gasteiger partial charge is 0.356 e. The maximum atomic E-state index is 11.4. The van der Waals surface area contributed by atoms with Crippen molar-refractivity contribution in [1.82, 2.24) is 9.97 Å². The molecule has 3 N–H and O–H groups in total. The van der Waals surface area contributed by atoms with E-state index < -0.39 is 0 Å². The van der Waals surface area contributed by atoms with Crippen molar-refractivity contribution in [3.8, 4) is 0 Å². The van der Waals surface area contributed by atoms with Crippen molar-refractivity contribution >= 4 is 5.82 Å². The minimum atomic E-state index is -0.0713. The van der Waals surface area contributed by atoms with Crippen LogP contribution < -0.4 is 16.2 Å². The van der Waals surface area contributed by atoms with Crippen LogP contribution in [0.15, 0.2) is 10.9 Å². The Morgan fingerprint density at radius 3 is 3.12 bits per heavy atom. The Kier molecular flexibility index (Phi) is 3.24. The van der Waals surface area contributed by atoms with Crippen molar-refractivity contribution in [2.24, 2.45) is 11.7 Å². The van der Waals surface area contributed by atoms with Gasteiger partial charge in [0.15, 0.2) is 0 Å². The molecule has 1 atom stereocenters. The Bertz CT molecular complexity index is 415. The third kappa shape index (κ3) is 2.24. The summed E-state index contributed by atoms with van der Waals surface area (Å²) in [5, 5.41) is 0. The van der Waals surface area contributed by atoms with Crippen LogP contribution in [0.1, 0.15) is 19.2 Å². The molecule has 1 fully saturated rings. The van der Waals surface area contributed by atoms with Crippen LogP contribution in [0, 0.1) is 5.92 Å². The van der Waals surface area contributed by atoms with E-state index in [0.717, 1.165) is 37.6 Å². The fourth-order valence-electron chi connectivity index (χ4n) is 2.06. The number of aromatic amines is 1. The van der Waals surface area contributed by atoms with E-state index in [1.54, 1.807) is 6.07 Å². The number of H-pyrrole nitrogens is 1. The quantitative estimate of drug-likeness (QED) is 0.761. The lowest BCUT2D eigenvalue weighted by Gasteiger charge is -2.17. The first-order valence-corrected chi connectivity index (χ1v) is 5.78. The van der Waals surface area contributed by atoms with Crippen molar-refractivity contribution in [2.75, 3.05) is 24.5 Å². The van der Waals surface area contributed by atoms with E-state index in [2.05, 4.69) is 14.9 Å². The van der Waals surface area contributed by atoms with Crippen LogP contribution in [0.3, 0.4) is 0 Å². The summed E-state index contributed by atoms with van der Waals surface area (Å²) in [4.78, 5) is 20.7. The highest BCUT2D eigenvalue weighted by molar-refractivity contribution is 5.38. The van der Waals surface area contributed by atoms with Gasteiger partial charge in [-0.2, -0.15) is 0 Å². The second-order valence-corrected chi connectivity index (χ2v) is 4.24. The summed E-state index contributed by atoms with van der Waals surface area (Å²) >= 11 is 0. The number of aromatic nitrogens is 2. The molecule has 5 nitrogen and oxygen atoms in total. The predicted molar refractivity (Wildman–Crippen MR) is 63.6 cm³/mol. The summed E-state index contributed by atoms with van der Waals surface area (Å²) in [6.07, 6.45) is 1.84. The van der Waals surface area contributed by atoms with Crippen LogP contribution in [0.5, 0.6) is 0 Å². The van der Waals surface area contributed by atoms with Gasteiger partial charge in [0, 0.05) is 25.6 Å². The van der Waals surface area contributed by atoms with Gasteiger partial charge < -0.3 is 15.6 Å². The zero-order valence-corrected chi connectivity index (χ0v) is 9.57. The van der Waals surface area contributed by atoms with Gasteiger partial charge in [0.2, 0.25) is 0 Å². The topological polar surface area (TPSA) is 75.0 Å². The van der Waals surface area contributed by atoms with Crippen LogP contribution in [-0.4, -0.2) is 29.6 Å². The first kappa shape index (κ1) is 11.1. The third-order valence-electron chi connectivity index (χ3n) is 3.06. The molecule has 1 saturated heterocycles. The van der Waals surface area contributed by atoms with Gasteiger partial charge in [-0.3, -0.25) is 4.79 Å². The zero-order valence-electron chi connectivity index (χ0n) is 9.57. The average Bonchev–Trinajstić information content (AvgIpc) is 2.76. The molecule has 0 radical (unpaired) electrons. The number of nitrogens with one attached hydrogen (secondary N) is 1. The van der Waals surface area contributed by atoms with E-state index >= 15 is 0 Å². The van der Waals surface area contributed by atoms with Crippen molar-refractivity contribution < 1.29 is 0 Å². The Morgan fingerprint density at radius 1 is 1.69 bits per heavy atom. The van der Waals surface area contributed by atoms with E-state index in [1.165, 1.54) is 0 Å². The number of anilines is 1. The smallest absolute Gasteiger partial charge is 0.252 e. The highest BCUT2D eigenvalue weighted by Gasteiger charge is 2.22. The Hall–Kier alpha value is -1.36. The molecule has 1 aliphatic rings. The van der Waals surface area contributed by atoms with Crippen molar-refractivity contribution in [3.63, 3.8) is 0 Å². The minimum absolute atomic E-state index is 0.0713. The van der Waals surface area contributed by atoms with Crippen LogP contribution in [0.2, 0.25) is 0 Å². The standard InChI is InChI=1S/C11H18N4O/c1-2-9-13-10(5-11(16)14-9)15-4-3-8(6-12)7-15/h5,8H,2-4,6-7,12H2,1H3,(H,13,14,16). The summed E-state index contributed by atoms with van der Waals surface area (Å²) < 4.78 is 0. The predicted octanol–water partition coefficient (Wildman–Crippen LogP) is 0.117. The van der Waals surface area contributed by atoms with E-state index in [1.807, 2.05) is 6.92 Å². The maximum Gasteiger partial charge on any atom is 0.252 e. The third-order valence-corrected chi connectivity index (χ3v) is 3.06. The van der Waals surface area contributed by atoms with E-state index in [4.69, 9.17) is 5.73 Å². The summed E-state index contributed by atoms with van der Waals surface area (Å²) in [7, 11) is 0. The molecule has 0 aliphatic carbocycles. The van der Waals surface area contributed by atoms with Gasteiger partial charge in [0.25, 0.3) is 5.56 Å². The number of nitrogens with zero attached hydrogens (tertiary/aromatic N) is 2. The van der Waals surface area contributed by atoms with E-state index in [9.17, 15) is 4.79 Å². The number of aryl methyl sites for hydroxylation is 1. The molecular formula is C11H18N4O. The van der Waals surface area contributed by atoms with E-state index in [-0.39, 0.29) is 5.56 Å². The molecular weight excluding hydrogens is 204 g/mol. The maximum absolute atomic E-state index is 11.4. The van der Waals surface area contributed by atoms with Crippen molar-refractivity contribution in [1.29, 1.82) is 0 Å². The first-order valence-electron chi connectivity index (χ1n) is 5.78. The van der Waals surface area contributed by atoms with Gasteiger partial charge in [-0.15, -0.1) is 0 Å². The summed E-state index contributed by atoms with van der Waals surface area (Å²) in [6.45, 7) is 4.55. The van der Waals surface area contributed by atoms with Crippen molar-refractivity contribution in [2.45, 2.75) is 19.8 Å². The molecule has 2 heterocycles. The summed E-state index contributed by atoms with van der Waals surface area (Å²) in [5.74, 6) is 2.07. The van der Waals surface area contributed by atoms with Gasteiger partial charge in [-0.1, -0.05) is 6.92 Å². The molecule has 2 rings (SSSR count). The molecule has 1 aromatic rings. The lowest BCUT2D eigenvalue weighted by atomic mass is 10.1. The monoisotopic (exact) mass is 222 g/mol. The number of hydrogen-bond acceptors (Lipinski definition) is 4. The molecule has 0 bridgehead atoms. The minimum Gasteiger partial charge on any atom is -0.356 e. The Labute approximate surface area is 94.7 Å². The van der Waals surface area contributed by atoms with Gasteiger partial charge in [-0.25, -0.2) is 4.98 Å². The second kappa shape index (κ2) is 4.65. The van der Waals surface area contributed by atoms with Gasteiger partial charge in [0.1, 0.15) is 11.6 Å². The Morgan fingerprint density at radius 2 is 2.50 bits per heavy atom. The molecule has 0 amide bonds. The van der Waals surface area contributed by atoms with Gasteiger partial charge >= 0.3 is 0 Å². The van der Waals surface area contributed by atoms with Crippen LogP contribution in [0.25, 0.3) is 0 Å².